The highest BCUT2D eigenvalue weighted by Gasteiger charge is 1.67. The number of carbonyl (C=O) groups excluding carboxylic acids is 1. The van der Waals surface area contributed by atoms with Crippen molar-refractivity contribution in [1.29, 1.82) is 0 Å². The van der Waals surface area contributed by atoms with Crippen LogP contribution in [-0.4, -0.2) is 5.24 Å². The minimum absolute atomic E-state index is 0. The van der Waals surface area contributed by atoms with E-state index in [4.69, 9.17) is 0 Å². The van der Waals surface area contributed by atoms with Crippen molar-refractivity contribution in [3.63, 3.8) is 0 Å². The Morgan fingerprint density at radius 1 is 1.80 bits per heavy atom. The quantitative estimate of drug-likeness (QED) is 0.326. The van der Waals surface area contributed by atoms with Gasteiger partial charge < -0.3 is 12.4 Å². The third-order valence-electron chi connectivity index (χ3n) is 0. The maximum atomic E-state index is 9.21. The second-order valence-corrected chi connectivity index (χ2v) is 1.00. The first-order chi connectivity index (χ1) is 1.73. The standard InChI is InChI=1S/C2H3ClO.ClH/c1-2(3)4;/h1H3;1H/p-1. The molecule has 3 heteroatoms. The molecule has 0 bridgehead atoms. The molecule has 0 radical (unpaired) electrons. The van der Waals surface area contributed by atoms with Crippen LogP contribution in [0, 0.1) is 0 Å². The van der Waals surface area contributed by atoms with Gasteiger partial charge in [0.1, 0.15) is 0 Å². The van der Waals surface area contributed by atoms with Crippen molar-refractivity contribution < 1.29 is 17.2 Å². The number of rotatable bonds is 0. The van der Waals surface area contributed by atoms with Crippen LogP contribution in [0.2, 0.25) is 0 Å². The molecular formula is C2H3Cl2O-. The van der Waals surface area contributed by atoms with Gasteiger partial charge in [-0.05, 0) is 11.6 Å². The van der Waals surface area contributed by atoms with E-state index in [-0.39, 0.29) is 17.6 Å². The average molecular weight is 114 g/mol. The average Bonchev–Trinajstić information content (AvgIpc) is 0.811. The van der Waals surface area contributed by atoms with Crippen LogP contribution in [0.5, 0.6) is 0 Å². The fourth-order valence-electron chi connectivity index (χ4n) is 0. The molecule has 0 saturated carbocycles. The fraction of sp³-hybridized carbons (Fsp3) is 0.500. The van der Waals surface area contributed by atoms with Gasteiger partial charge in [0.2, 0.25) is 5.24 Å². The predicted molar refractivity (Wildman–Crippen MR) is 16.5 cm³/mol. The van der Waals surface area contributed by atoms with Crippen molar-refractivity contribution in [1.82, 2.24) is 0 Å². The van der Waals surface area contributed by atoms with Gasteiger partial charge in [-0.1, -0.05) is 0 Å². The number of hydrogen-bond acceptors (Lipinski definition) is 1. The SMILES string of the molecule is CC(=O)Cl.[Cl-]. The van der Waals surface area contributed by atoms with E-state index in [1.807, 2.05) is 0 Å². The Kier molecular flexibility index (Phi) is 7.63. The summed E-state index contributed by atoms with van der Waals surface area (Å²) in [6.45, 7) is 1.29. The van der Waals surface area contributed by atoms with Gasteiger partial charge in [-0.25, -0.2) is 0 Å². The highest BCUT2D eigenvalue weighted by Crippen LogP contribution is 1.67. The van der Waals surface area contributed by atoms with E-state index < -0.39 is 0 Å². The van der Waals surface area contributed by atoms with Gasteiger partial charge in [0.25, 0.3) is 0 Å². The van der Waals surface area contributed by atoms with Gasteiger partial charge in [0.15, 0.2) is 0 Å². The zero-order valence-corrected chi connectivity index (χ0v) is 4.18. The van der Waals surface area contributed by atoms with Crippen LogP contribution in [0.1, 0.15) is 6.92 Å². The van der Waals surface area contributed by atoms with Crippen molar-refractivity contribution in [3.05, 3.63) is 0 Å². The third kappa shape index (κ3) is 344. The molecule has 0 spiro atoms. The summed E-state index contributed by atoms with van der Waals surface area (Å²) in [7, 11) is 0. The lowest BCUT2D eigenvalue weighted by molar-refractivity contribution is -0.109. The molecule has 0 saturated heterocycles. The fourth-order valence-corrected chi connectivity index (χ4v) is 0. The molecule has 0 aliphatic rings. The van der Waals surface area contributed by atoms with Gasteiger partial charge in [-0.2, -0.15) is 0 Å². The largest absolute Gasteiger partial charge is 1.00 e. The molecule has 0 aromatic carbocycles. The molecule has 0 aromatic heterocycles. The summed E-state index contributed by atoms with van der Waals surface area (Å²) >= 11 is 4.64. The summed E-state index contributed by atoms with van der Waals surface area (Å²) < 4.78 is 0. The molecule has 0 aliphatic carbocycles. The molecule has 0 aliphatic heterocycles. The smallest absolute Gasteiger partial charge is 0.218 e. The summed E-state index contributed by atoms with van der Waals surface area (Å²) in [6, 6.07) is 0. The van der Waals surface area contributed by atoms with E-state index in [2.05, 4.69) is 11.6 Å². The molecule has 0 aromatic rings. The Bertz CT molecular complexity index is 30.6. The van der Waals surface area contributed by atoms with Crippen LogP contribution in [0.3, 0.4) is 0 Å². The van der Waals surface area contributed by atoms with E-state index in [0.717, 1.165) is 0 Å². The lowest BCUT2D eigenvalue weighted by Crippen LogP contribution is -3.00. The molecule has 1 nitrogen and oxygen atoms in total. The van der Waals surface area contributed by atoms with Crippen LogP contribution in [0.4, 0.5) is 0 Å². The maximum Gasteiger partial charge on any atom is 0.218 e. The predicted octanol–water partition coefficient (Wildman–Crippen LogP) is -2.22. The van der Waals surface area contributed by atoms with E-state index in [1.54, 1.807) is 0 Å². The summed E-state index contributed by atoms with van der Waals surface area (Å²) in [5.74, 6) is 0. The molecule has 0 rings (SSSR count). The van der Waals surface area contributed by atoms with Gasteiger partial charge in [-0.3, -0.25) is 4.79 Å². The Balaban J connectivity index is 0. The zero-order valence-electron chi connectivity index (χ0n) is 2.66. The van der Waals surface area contributed by atoms with Crippen molar-refractivity contribution in [2.24, 2.45) is 0 Å². The molecule has 0 N–H and O–H groups in total. The second-order valence-electron chi connectivity index (χ2n) is 0.470. The summed E-state index contributed by atoms with van der Waals surface area (Å²) in [5, 5.41) is -0.361. The second kappa shape index (κ2) is 4.25. The van der Waals surface area contributed by atoms with E-state index >= 15 is 0 Å². The van der Waals surface area contributed by atoms with Crippen molar-refractivity contribution in [2.75, 3.05) is 0 Å². The molecular weight excluding hydrogens is 111 g/mol. The first-order valence-electron chi connectivity index (χ1n) is 0.893. The Morgan fingerprint density at radius 2 is 1.80 bits per heavy atom. The van der Waals surface area contributed by atoms with E-state index in [0.29, 0.717) is 0 Å². The normalized spacial score (nSPS) is 5.20. The van der Waals surface area contributed by atoms with Crippen molar-refractivity contribution >= 4 is 16.8 Å². The van der Waals surface area contributed by atoms with Crippen LogP contribution in [0.15, 0.2) is 0 Å². The van der Waals surface area contributed by atoms with Gasteiger partial charge in [0.05, 0.1) is 0 Å². The first-order valence-corrected chi connectivity index (χ1v) is 1.27. The topological polar surface area (TPSA) is 17.1 Å². The summed E-state index contributed by atoms with van der Waals surface area (Å²) in [6.07, 6.45) is 0. The van der Waals surface area contributed by atoms with Crippen LogP contribution in [0.25, 0.3) is 0 Å². The lowest BCUT2D eigenvalue weighted by atomic mass is 10.9. The minimum atomic E-state index is -0.361. The Labute approximate surface area is 41.7 Å². The van der Waals surface area contributed by atoms with Crippen molar-refractivity contribution in [3.8, 4) is 0 Å². The molecule has 0 amide bonds. The first kappa shape index (κ1) is 8.98. The molecule has 5 heavy (non-hydrogen) atoms. The summed E-state index contributed by atoms with van der Waals surface area (Å²) in [4.78, 5) is 9.21. The minimum Gasteiger partial charge on any atom is -1.00 e. The van der Waals surface area contributed by atoms with Crippen LogP contribution in [-0.2, 0) is 4.79 Å². The number of halogens is 2. The molecule has 0 atom stereocenters. The highest BCUT2D eigenvalue weighted by molar-refractivity contribution is 6.62. The number of carbonyl (C=O) groups is 1. The van der Waals surface area contributed by atoms with Crippen LogP contribution < -0.4 is 12.4 Å². The Hall–Kier alpha value is 0.250. The molecule has 0 unspecified atom stereocenters. The van der Waals surface area contributed by atoms with E-state index in [1.165, 1.54) is 6.92 Å². The zero-order chi connectivity index (χ0) is 3.58. The maximum absolute atomic E-state index is 9.21. The molecule has 0 heterocycles. The summed E-state index contributed by atoms with van der Waals surface area (Å²) in [5.41, 5.74) is 0. The number of hydrogen-bond donors (Lipinski definition) is 0. The monoisotopic (exact) mass is 113 g/mol. The van der Waals surface area contributed by atoms with Crippen LogP contribution >= 0.6 is 11.6 Å². The van der Waals surface area contributed by atoms with E-state index in [9.17, 15) is 4.79 Å². The van der Waals surface area contributed by atoms with Gasteiger partial charge >= 0.3 is 0 Å². The molecule has 32 valence electrons. The van der Waals surface area contributed by atoms with Gasteiger partial charge in [-0.15, -0.1) is 0 Å². The highest BCUT2D eigenvalue weighted by atomic mass is 35.5. The Morgan fingerprint density at radius 3 is 1.80 bits per heavy atom. The van der Waals surface area contributed by atoms with Gasteiger partial charge in [0, 0.05) is 6.92 Å². The third-order valence-corrected chi connectivity index (χ3v) is 0. The lowest BCUT2D eigenvalue weighted by Gasteiger charge is -1.52. The van der Waals surface area contributed by atoms with Crippen molar-refractivity contribution in [2.45, 2.75) is 6.92 Å². The molecule has 0 fully saturated rings.